The van der Waals surface area contributed by atoms with Crippen LogP contribution in [0.25, 0.3) is 11.1 Å². The molecule has 2 rings (SSSR count). The van der Waals surface area contributed by atoms with Crippen molar-refractivity contribution in [2.75, 3.05) is 13.7 Å². The number of amides is 1. The van der Waals surface area contributed by atoms with Gasteiger partial charge in [0, 0.05) is 23.7 Å². The first kappa shape index (κ1) is 19.2. The Morgan fingerprint density at radius 3 is 2.50 bits per heavy atom. The van der Waals surface area contributed by atoms with E-state index in [0.29, 0.717) is 17.1 Å². The lowest BCUT2D eigenvalue weighted by atomic mass is 10.0. The average Bonchev–Trinajstić information content (AvgIpc) is 2.66. The van der Waals surface area contributed by atoms with Crippen molar-refractivity contribution in [2.24, 2.45) is 0 Å². The summed E-state index contributed by atoms with van der Waals surface area (Å²) in [4.78, 5) is 22.6. The van der Waals surface area contributed by atoms with Crippen molar-refractivity contribution in [3.05, 3.63) is 52.6 Å². The van der Waals surface area contributed by atoms with Crippen molar-refractivity contribution in [2.45, 2.75) is 26.3 Å². The van der Waals surface area contributed by atoms with Gasteiger partial charge in [-0.25, -0.2) is 0 Å². The molecule has 0 saturated carbocycles. The third-order valence-corrected chi connectivity index (χ3v) is 3.95. The molecule has 0 spiro atoms. The Morgan fingerprint density at radius 1 is 1.23 bits per heavy atom. The minimum absolute atomic E-state index is 0.0489. The van der Waals surface area contributed by atoms with Crippen LogP contribution in [0.4, 0.5) is 5.69 Å². The van der Waals surface area contributed by atoms with Crippen molar-refractivity contribution >= 4 is 11.6 Å². The van der Waals surface area contributed by atoms with E-state index in [2.05, 4.69) is 5.32 Å². The molecule has 1 N–H and O–H groups in total. The molecule has 0 aromatic heterocycles. The molecule has 0 saturated heterocycles. The molecule has 7 nitrogen and oxygen atoms in total. The number of nitrogens with one attached hydrogen (secondary N) is 1. The Balaban J connectivity index is 2.27. The Morgan fingerprint density at radius 2 is 1.92 bits per heavy atom. The standard InChI is InChI=1S/C19H22N2O5/c1-4-13(2)20-19(22)12-26-18-10-7-15(21(23)24)11-17(18)14-5-8-16(25-3)9-6-14/h5-11,13H,4,12H2,1-3H3,(H,20,22)/t13-/m0/s1. The van der Waals surface area contributed by atoms with Crippen molar-refractivity contribution < 1.29 is 19.2 Å². The molecular formula is C19H22N2O5. The number of non-ortho nitro benzene ring substituents is 1. The first-order valence-corrected chi connectivity index (χ1v) is 8.29. The van der Waals surface area contributed by atoms with E-state index in [1.807, 2.05) is 13.8 Å². The number of hydrogen-bond acceptors (Lipinski definition) is 5. The highest BCUT2D eigenvalue weighted by atomic mass is 16.6. The van der Waals surface area contributed by atoms with Gasteiger partial charge in [0.05, 0.1) is 12.0 Å². The quantitative estimate of drug-likeness (QED) is 0.575. The zero-order valence-electron chi connectivity index (χ0n) is 15.0. The average molecular weight is 358 g/mol. The Kier molecular flexibility index (Phi) is 6.54. The molecule has 2 aromatic rings. The SMILES string of the molecule is CC[C@H](C)NC(=O)COc1ccc([N+](=O)[O-])cc1-c1ccc(OC)cc1. The monoisotopic (exact) mass is 358 g/mol. The number of nitrogens with zero attached hydrogens (tertiary/aromatic N) is 1. The minimum atomic E-state index is -0.466. The van der Waals surface area contributed by atoms with Crippen LogP contribution in [0.5, 0.6) is 11.5 Å². The summed E-state index contributed by atoms with van der Waals surface area (Å²) < 4.78 is 10.8. The number of methoxy groups -OCH3 is 1. The molecule has 138 valence electrons. The van der Waals surface area contributed by atoms with E-state index in [1.165, 1.54) is 18.2 Å². The summed E-state index contributed by atoms with van der Waals surface area (Å²) in [6.07, 6.45) is 0.820. The summed E-state index contributed by atoms with van der Waals surface area (Å²) in [5.41, 5.74) is 1.22. The summed E-state index contributed by atoms with van der Waals surface area (Å²) in [5.74, 6) is 0.841. The highest BCUT2D eigenvalue weighted by Gasteiger charge is 2.15. The highest BCUT2D eigenvalue weighted by Crippen LogP contribution is 2.34. The van der Waals surface area contributed by atoms with Gasteiger partial charge in [-0.3, -0.25) is 14.9 Å². The van der Waals surface area contributed by atoms with E-state index in [1.54, 1.807) is 31.4 Å². The molecule has 26 heavy (non-hydrogen) atoms. The zero-order chi connectivity index (χ0) is 19.1. The molecule has 0 bridgehead atoms. The van der Waals surface area contributed by atoms with Gasteiger partial charge in [0.1, 0.15) is 11.5 Å². The molecule has 0 radical (unpaired) electrons. The lowest BCUT2D eigenvalue weighted by molar-refractivity contribution is -0.384. The van der Waals surface area contributed by atoms with Crippen LogP contribution in [0.3, 0.4) is 0 Å². The van der Waals surface area contributed by atoms with E-state index < -0.39 is 4.92 Å². The number of carbonyl (C=O) groups excluding carboxylic acids is 1. The fourth-order valence-electron chi connectivity index (χ4n) is 2.32. The third kappa shape index (κ3) is 4.95. The molecule has 0 aliphatic heterocycles. The van der Waals surface area contributed by atoms with E-state index in [9.17, 15) is 14.9 Å². The van der Waals surface area contributed by atoms with Crippen molar-refractivity contribution in [3.63, 3.8) is 0 Å². The van der Waals surface area contributed by atoms with Gasteiger partial charge >= 0.3 is 0 Å². The number of benzene rings is 2. The summed E-state index contributed by atoms with van der Waals surface area (Å²) in [6, 6.07) is 11.4. The fraction of sp³-hybridized carbons (Fsp3) is 0.316. The van der Waals surface area contributed by atoms with Crippen molar-refractivity contribution in [1.82, 2.24) is 5.32 Å². The Hall–Kier alpha value is -3.09. The maximum absolute atomic E-state index is 11.9. The summed E-state index contributed by atoms with van der Waals surface area (Å²) in [5, 5.41) is 13.9. The molecular weight excluding hydrogens is 336 g/mol. The van der Waals surface area contributed by atoms with E-state index in [-0.39, 0.29) is 24.2 Å². The largest absolute Gasteiger partial charge is 0.497 e. The van der Waals surface area contributed by atoms with Gasteiger partial charge in [0.25, 0.3) is 11.6 Å². The van der Waals surface area contributed by atoms with Gasteiger partial charge in [-0.2, -0.15) is 0 Å². The molecule has 1 amide bonds. The second kappa shape index (κ2) is 8.84. The number of carbonyl (C=O) groups is 1. The van der Waals surface area contributed by atoms with Gasteiger partial charge in [0.2, 0.25) is 0 Å². The van der Waals surface area contributed by atoms with Crippen LogP contribution in [0.2, 0.25) is 0 Å². The Bertz CT molecular complexity index is 774. The first-order valence-electron chi connectivity index (χ1n) is 8.29. The van der Waals surface area contributed by atoms with Crippen LogP contribution in [-0.4, -0.2) is 30.6 Å². The fourth-order valence-corrected chi connectivity index (χ4v) is 2.32. The van der Waals surface area contributed by atoms with Crippen molar-refractivity contribution in [3.8, 4) is 22.6 Å². The van der Waals surface area contributed by atoms with Crippen LogP contribution < -0.4 is 14.8 Å². The van der Waals surface area contributed by atoms with Crippen LogP contribution in [-0.2, 0) is 4.79 Å². The summed E-state index contributed by atoms with van der Waals surface area (Å²) in [7, 11) is 1.56. The number of ether oxygens (including phenoxy) is 2. The molecule has 0 unspecified atom stereocenters. The molecule has 0 aliphatic carbocycles. The highest BCUT2D eigenvalue weighted by molar-refractivity contribution is 5.79. The lowest BCUT2D eigenvalue weighted by Crippen LogP contribution is -2.35. The summed E-state index contributed by atoms with van der Waals surface area (Å²) in [6.45, 7) is 3.72. The first-order chi connectivity index (χ1) is 12.4. The van der Waals surface area contributed by atoms with Gasteiger partial charge in [-0.15, -0.1) is 0 Å². The zero-order valence-corrected chi connectivity index (χ0v) is 15.0. The molecule has 2 aromatic carbocycles. The molecule has 7 heteroatoms. The lowest BCUT2D eigenvalue weighted by Gasteiger charge is -2.14. The van der Waals surface area contributed by atoms with E-state index >= 15 is 0 Å². The smallest absolute Gasteiger partial charge is 0.270 e. The molecule has 0 aliphatic rings. The van der Waals surface area contributed by atoms with Crippen LogP contribution in [0.15, 0.2) is 42.5 Å². The maximum atomic E-state index is 11.9. The number of rotatable bonds is 8. The van der Waals surface area contributed by atoms with Gasteiger partial charge in [-0.05, 0) is 37.1 Å². The predicted octanol–water partition coefficient (Wildman–Crippen LogP) is 3.56. The number of nitro benzene ring substituents is 1. The molecule has 0 heterocycles. The van der Waals surface area contributed by atoms with Crippen LogP contribution >= 0.6 is 0 Å². The van der Waals surface area contributed by atoms with Crippen LogP contribution in [0.1, 0.15) is 20.3 Å². The van der Waals surface area contributed by atoms with Crippen molar-refractivity contribution in [1.29, 1.82) is 0 Å². The second-order valence-electron chi connectivity index (χ2n) is 5.83. The van der Waals surface area contributed by atoms with Gasteiger partial charge in [-0.1, -0.05) is 19.1 Å². The van der Waals surface area contributed by atoms with Crippen LogP contribution in [0, 0.1) is 10.1 Å². The maximum Gasteiger partial charge on any atom is 0.270 e. The molecule has 0 fully saturated rings. The van der Waals surface area contributed by atoms with Gasteiger partial charge in [0.15, 0.2) is 6.61 Å². The molecule has 1 atom stereocenters. The van der Waals surface area contributed by atoms with E-state index in [0.717, 1.165) is 12.0 Å². The number of nitro groups is 1. The normalized spacial score (nSPS) is 11.5. The van der Waals surface area contributed by atoms with Gasteiger partial charge < -0.3 is 14.8 Å². The summed E-state index contributed by atoms with van der Waals surface area (Å²) >= 11 is 0. The Labute approximate surface area is 152 Å². The number of hydrogen-bond donors (Lipinski definition) is 1. The minimum Gasteiger partial charge on any atom is -0.497 e. The second-order valence-corrected chi connectivity index (χ2v) is 5.83. The third-order valence-electron chi connectivity index (χ3n) is 3.95. The van der Waals surface area contributed by atoms with E-state index in [4.69, 9.17) is 9.47 Å². The topological polar surface area (TPSA) is 90.7 Å². The predicted molar refractivity (Wildman–Crippen MR) is 98.5 cm³/mol.